The molecule has 3 rings (SSSR count). The summed E-state index contributed by atoms with van der Waals surface area (Å²) in [6.45, 7) is 3.20. The molecular weight excluding hydrogens is 253 g/mol. The quantitative estimate of drug-likeness (QED) is 0.907. The largest absolute Gasteiger partial charge is 0.314 e. The summed E-state index contributed by atoms with van der Waals surface area (Å²) >= 11 is 0. The van der Waals surface area contributed by atoms with Crippen molar-refractivity contribution in [2.75, 3.05) is 26.2 Å². The van der Waals surface area contributed by atoms with Crippen LogP contribution in [0.1, 0.15) is 24.4 Å². The van der Waals surface area contributed by atoms with Gasteiger partial charge in [0.1, 0.15) is 17.5 Å². The van der Waals surface area contributed by atoms with Crippen LogP contribution in [0.2, 0.25) is 0 Å². The molecule has 1 N–H and O–H groups in total. The van der Waals surface area contributed by atoms with Gasteiger partial charge in [-0.1, -0.05) is 0 Å². The topological polar surface area (TPSA) is 15.3 Å². The summed E-state index contributed by atoms with van der Waals surface area (Å²) in [7, 11) is 0. The molecule has 1 aromatic rings. The van der Waals surface area contributed by atoms with Gasteiger partial charge < -0.3 is 5.32 Å². The van der Waals surface area contributed by atoms with Gasteiger partial charge in [0, 0.05) is 49.9 Å². The summed E-state index contributed by atoms with van der Waals surface area (Å²) in [6, 6.07) is 1.33. The fourth-order valence-electron chi connectivity index (χ4n) is 2.92. The van der Waals surface area contributed by atoms with Crippen LogP contribution < -0.4 is 5.32 Å². The number of hydrogen-bond acceptors (Lipinski definition) is 2. The summed E-state index contributed by atoms with van der Waals surface area (Å²) < 4.78 is 41.0. The SMILES string of the molecule is Fc1cc(F)c([C@H](C2CC2)N2CCNCC2)c(F)c1. The van der Waals surface area contributed by atoms with E-state index in [4.69, 9.17) is 0 Å². The van der Waals surface area contributed by atoms with E-state index in [9.17, 15) is 13.2 Å². The lowest BCUT2D eigenvalue weighted by molar-refractivity contribution is 0.149. The number of nitrogens with one attached hydrogen (secondary N) is 1. The van der Waals surface area contributed by atoms with Crippen LogP contribution in [0.3, 0.4) is 0 Å². The fourth-order valence-corrected chi connectivity index (χ4v) is 2.92. The van der Waals surface area contributed by atoms with Crippen LogP contribution in [0.15, 0.2) is 12.1 Å². The highest BCUT2D eigenvalue weighted by Gasteiger charge is 2.39. The number of benzene rings is 1. The van der Waals surface area contributed by atoms with E-state index < -0.39 is 17.5 Å². The Labute approximate surface area is 110 Å². The zero-order valence-electron chi connectivity index (χ0n) is 10.6. The third-order valence-electron chi connectivity index (χ3n) is 3.95. The van der Waals surface area contributed by atoms with Crippen molar-refractivity contribution in [3.63, 3.8) is 0 Å². The van der Waals surface area contributed by atoms with Crippen molar-refractivity contribution in [1.82, 2.24) is 10.2 Å². The Bertz CT molecular complexity index is 445. The monoisotopic (exact) mass is 270 g/mol. The first kappa shape index (κ1) is 12.9. The van der Waals surface area contributed by atoms with Crippen LogP contribution >= 0.6 is 0 Å². The van der Waals surface area contributed by atoms with E-state index in [-0.39, 0.29) is 11.6 Å². The van der Waals surface area contributed by atoms with Crippen LogP contribution in [0, 0.1) is 23.4 Å². The van der Waals surface area contributed by atoms with Gasteiger partial charge in [0.15, 0.2) is 0 Å². The van der Waals surface area contributed by atoms with E-state index >= 15 is 0 Å². The molecule has 1 aromatic carbocycles. The van der Waals surface area contributed by atoms with Crippen molar-refractivity contribution in [3.8, 4) is 0 Å². The highest BCUT2D eigenvalue weighted by molar-refractivity contribution is 5.26. The Morgan fingerprint density at radius 1 is 1.05 bits per heavy atom. The lowest BCUT2D eigenvalue weighted by Gasteiger charge is -2.35. The number of halogens is 3. The van der Waals surface area contributed by atoms with Gasteiger partial charge in [-0.25, -0.2) is 13.2 Å². The number of rotatable bonds is 3. The van der Waals surface area contributed by atoms with Crippen molar-refractivity contribution in [1.29, 1.82) is 0 Å². The van der Waals surface area contributed by atoms with Crippen LogP contribution in [0.25, 0.3) is 0 Å². The third-order valence-corrected chi connectivity index (χ3v) is 3.95. The molecule has 1 aliphatic heterocycles. The maximum atomic E-state index is 14.0. The molecule has 2 nitrogen and oxygen atoms in total. The molecule has 5 heteroatoms. The molecule has 0 radical (unpaired) electrons. The minimum atomic E-state index is -0.853. The normalized spacial score (nSPS) is 22.5. The molecule has 19 heavy (non-hydrogen) atoms. The molecule has 0 aromatic heterocycles. The highest BCUT2D eigenvalue weighted by Crippen LogP contribution is 2.46. The molecule has 1 saturated carbocycles. The van der Waals surface area contributed by atoms with E-state index in [1.807, 2.05) is 0 Å². The van der Waals surface area contributed by atoms with Crippen LogP contribution in [0.5, 0.6) is 0 Å². The lowest BCUT2D eigenvalue weighted by atomic mass is 9.98. The Hall–Kier alpha value is -1.07. The Morgan fingerprint density at radius 3 is 2.16 bits per heavy atom. The molecule has 104 valence electrons. The van der Waals surface area contributed by atoms with Gasteiger partial charge in [-0.2, -0.15) is 0 Å². The Balaban J connectivity index is 1.95. The molecule has 2 fully saturated rings. The summed E-state index contributed by atoms with van der Waals surface area (Å²) in [4.78, 5) is 2.12. The summed E-state index contributed by atoms with van der Waals surface area (Å²) in [5.74, 6) is -2.07. The molecule has 0 unspecified atom stereocenters. The van der Waals surface area contributed by atoms with Crippen molar-refractivity contribution in [2.45, 2.75) is 18.9 Å². The molecule has 0 spiro atoms. The summed E-state index contributed by atoms with van der Waals surface area (Å²) in [5.41, 5.74) is 0.0470. The summed E-state index contributed by atoms with van der Waals surface area (Å²) in [5, 5.41) is 3.23. The van der Waals surface area contributed by atoms with Crippen molar-refractivity contribution in [3.05, 3.63) is 35.1 Å². The molecule has 0 bridgehead atoms. The predicted octanol–water partition coefficient (Wildman–Crippen LogP) is 2.46. The van der Waals surface area contributed by atoms with Gasteiger partial charge in [0.05, 0.1) is 0 Å². The molecule has 1 atom stereocenters. The second-order valence-electron chi connectivity index (χ2n) is 5.35. The van der Waals surface area contributed by atoms with Crippen molar-refractivity contribution >= 4 is 0 Å². The van der Waals surface area contributed by atoms with Crippen LogP contribution in [0.4, 0.5) is 13.2 Å². The van der Waals surface area contributed by atoms with Gasteiger partial charge in [0.25, 0.3) is 0 Å². The highest BCUT2D eigenvalue weighted by atomic mass is 19.1. The molecule has 1 heterocycles. The Morgan fingerprint density at radius 2 is 1.63 bits per heavy atom. The average Bonchev–Trinajstić information content (AvgIpc) is 3.18. The maximum absolute atomic E-state index is 14.0. The van der Waals surface area contributed by atoms with Gasteiger partial charge in [-0.15, -0.1) is 0 Å². The molecular formula is C14H17F3N2. The third kappa shape index (κ3) is 2.62. The first-order chi connectivity index (χ1) is 9.16. The summed E-state index contributed by atoms with van der Waals surface area (Å²) in [6.07, 6.45) is 1.98. The second-order valence-corrected chi connectivity index (χ2v) is 5.35. The minimum Gasteiger partial charge on any atom is -0.314 e. The number of hydrogen-bond donors (Lipinski definition) is 1. The van der Waals surface area contributed by atoms with E-state index in [0.717, 1.165) is 51.2 Å². The molecule has 1 saturated heterocycles. The van der Waals surface area contributed by atoms with E-state index in [1.165, 1.54) is 0 Å². The van der Waals surface area contributed by atoms with Gasteiger partial charge in [-0.3, -0.25) is 4.90 Å². The van der Waals surface area contributed by atoms with Crippen LogP contribution in [-0.2, 0) is 0 Å². The predicted molar refractivity (Wildman–Crippen MR) is 66.2 cm³/mol. The first-order valence-electron chi connectivity index (χ1n) is 6.76. The second kappa shape index (κ2) is 5.13. The van der Waals surface area contributed by atoms with E-state index in [1.54, 1.807) is 0 Å². The Kier molecular flexibility index (Phi) is 3.50. The van der Waals surface area contributed by atoms with Crippen LogP contribution in [-0.4, -0.2) is 31.1 Å². The zero-order valence-corrected chi connectivity index (χ0v) is 10.6. The van der Waals surface area contributed by atoms with Gasteiger partial charge in [0.2, 0.25) is 0 Å². The first-order valence-corrected chi connectivity index (χ1v) is 6.76. The number of nitrogens with zero attached hydrogens (tertiary/aromatic N) is 1. The van der Waals surface area contributed by atoms with Gasteiger partial charge >= 0.3 is 0 Å². The van der Waals surface area contributed by atoms with Crippen molar-refractivity contribution in [2.24, 2.45) is 5.92 Å². The average molecular weight is 270 g/mol. The van der Waals surface area contributed by atoms with E-state index in [2.05, 4.69) is 10.2 Å². The zero-order chi connectivity index (χ0) is 13.4. The maximum Gasteiger partial charge on any atom is 0.133 e. The standard InChI is InChI=1S/C14H17F3N2/c15-10-7-11(16)13(12(17)8-10)14(9-1-2-9)19-5-3-18-4-6-19/h7-9,14,18H,1-6H2/t14-/m0/s1. The molecule has 0 amide bonds. The molecule has 2 aliphatic rings. The molecule has 1 aliphatic carbocycles. The number of piperazine rings is 1. The lowest BCUT2D eigenvalue weighted by Crippen LogP contribution is -2.46. The van der Waals surface area contributed by atoms with Gasteiger partial charge in [-0.05, 0) is 18.8 Å². The smallest absolute Gasteiger partial charge is 0.133 e. The van der Waals surface area contributed by atoms with Crippen molar-refractivity contribution < 1.29 is 13.2 Å². The van der Waals surface area contributed by atoms with E-state index in [0.29, 0.717) is 5.92 Å². The fraction of sp³-hybridized carbons (Fsp3) is 0.571. The minimum absolute atomic E-state index is 0.0470.